The molecule has 0 heterocycles. The molecule has 0 fully saturated rings. The summed E-state index contributed by atoms with van der Waals surface area (Å²) in [7, 11) is 4.35. The van der Waals surface area contributed by atoms with Crippen molar-refractivity contribution in [1.82, 2.24) is 4.90 Å². The molecule has 2 aromatic carbocycles. The average Bonchev–Trinajstić information content (AvgIpc) is 2.67. The van der Waals surface area contributed by atoms with E-state index in [2.05, 4.69) is 10.1 Å². The molecule has 1 amide bonds. The third kappa shape index (κ3) is 6.27. The first-order valence-corrected chi connectivity index (χ1v) is 8.66. The fraction of sp³-hybridized carbons (Fsp3) is 0.316. The molecule has 0 bridgehead atoms. The van der Waals surface area contributed by atoms with Gasteiger partial charge in [-0.15, -0.1) is 0 Å². The Morgan fingerprint density at radius 3 is 2.43 bits per heavy atom. The summed E-state index contributed by atoms with van der Waals surface area (Å²) in [6.07, 6.45) is 0. The van der Waals surface area contributed by atoms with E-state index in [0.29, 0.717) is 11.3 Å². The van der Waals surface area contributed by atoms with Gasteiger partial charge in [-0.25, -0.2) is 0 Å². The van der Waals surface area contributed by atoms with Gasteiger partial charge in [0.25, 0.3) is 5.69 Å². The molecule has 0 aliphatic heterocycles. The first kappa shape index (κ1) is 22.8. The van der Waals surface area contributed by atoms with Gasteiger partial charge in [0.05, 0.1) is 37.4 Å². The van der Waals surface area contributed by atoms with E-state index < -0.39 is 11.5 Å². The Labute approximate surface area is 171 Å². The molecule has 30 heavy (non-hydrogen) atoms. The summed E-state index contributed by atoms with van der Waals surface area (Å²) in [5, 5.41) is 13.5. The molecule has 0 aliphatic rings. The Morgan fingerprint density at radius 1 is 1.13 bits per heavy atom. The van der Waals surface area contributed by atoms with Crippen molar-refractivity contribution in [1.29, 1.82) is 0 Å². The molecule has 9 nitrogen and oxygen atoms in total. The molecule has 0 saturated heterocycles. The molecule has 2 rings (SSSR count). The Balaban J connectivity index is 2.02. The number of hydrogen-bond donors (Lipinski definition) is 1. The van der Waals surface area contributed by atoms with Crippen molar-refractivity contribution in [2.45, 2.75) is 13.2 Å². The molecule has 0 radical (unpaired) electrons. The van der Waals surface area contributed by atoms with Crippen LogP contribution in [-0.2, 0) is 11.3 Å². The zero-order valence-electron chi connectivity index (χ0n) is 16.6. The van der Waals surface area contributed by atoms with Gasteiger partial charge in [-0.1, -0.05) is 6.07 Å². The normalized spacial score (nSPS) is 10.8. The quantitative estimate of drug-likeness (QED) is 0.460. The third-order valence-corrected chi connectivity index (χ3v) is 3.98. The number of alkyl halides is 2. The highest BCUT2D eigenvalue weighted by molar-refractivity contribution is 5.93. The Bertz CT molecular complexity index is 910. The van der Waals surface area contributed by atoms with E-state index in [-0.39, 0.29) is 41.9 Å². The molecular weight excluding hydrogens is 404 g/mol. The van der Waals surface area contributed by atoms with Crippen LogP contribution in [0.1, 0.15) is 5.56 Å². The van der Waals surface area contributed by atoms with E-state index in [1.54, 1.807) is 18.0 Å². The first-order chi connectivity index (χ1) is 14.2. The zero-order chi connectivity index (χ0) is 22.3. The molecule has 2 aromatic rings. The van der Waals surface area contributed by atoms with Crippen LogP contribution in [0.5, 0.6) is 17.2 Å². The second kappa shape index (κ2) is 10.3. The highest BCUT2D eigenvalue weighted by Crippen LogP contribution is 2.30. The zero-order valence-corrected chi connectivity index (χ0v) is 16.6. The van der Waals surface area contributed by atoms with Crippen LogP contribution in [0.2, 0.25) is 0 Å². The average molecular weight is 425 g/mol. The van der Waals surface area contributed by atoms with Crippen molar-refractivity contribution in [2.24, 2.45) is 0 Å². The number of non-ortho nitro benzene ring substituents is 1. The number of nitrogens with one attached hydrogen (secondary N) is 1. The maximum Gasteiger partial charge on any atom is 0.387 e. The monoisotopic (exact) mass is 425 g/mol. The predicted molar refractivity (Wildman–Crippen MR) is 104 cm³/mol. The van der Waals surface area contributed by atoms with E-state index in [1.807, 2.05) is 0 Å². The lowest BCUT2D eigenvalue weighted by Gasteiger charge is -2.18. The molecule has 0 spiro atoms. The number of halogens is 2. The number of anilines is 1. The van der Waals surface area contributed by atoms with Crippen LogP contribution < -0.4 is 19.5 Å². The highest BCUT2D eigenvalue weighted by atomic mass is 19.3. The minimum absolute atomic E-state index is 0.0305. The van der Waals surface area contributed by atoms with Crippen molar-refractivity contribution in [3.8, 4) is 17.2 Å². The van der Waals surface area contributed by atoms with E-state index in [1.165, 1.54) is 44.6 Å². The number of nitro groups is 1. The lowest BCUT2D eigenvalue weighted by Crippen LogP contribution is -2.30. The number of nitrogens with zero attached hydrogens (tertiary/aromatic N) is 2. The van der Waals surface area contributed by atoms with Crippen molar-refractivity contribution < 1.29 is 32.7 Å². The maximum absolute atomic E-state index is 12.6. The highest BCUT2D eigenvalue weighted by Gasteiger charge is 2.16. The van der Waals surface area contributed by atoms with E-state index in [0.717, 1.165) is 0 Å². The molecule has 0 aliphatic carbocycles. The SMILES string of the molecule is COc1cc([N+](=O)[O-])ccc1NC(=O)CN(C)Cc1ccc(OC)c(OC(F)F)c1. The number of benzene rings is 2. The second-order valence-corrected chi connectivity index (χ2v) is 6.23. The Kier molecular flexibility index (Phi) is 7.87. The summed E-state index contributed by atoms with van der Waals surface area (Å²) in [5.74, 6) is -0.158. The number of likely N-dealkylation sites (N-methyl/N-ethyl adjacent to an activating group) is 1. The lowest BCUT2D eigenvalue weighted by molar-refractivity contribution is -0.384. The smallest absolute Gasteiger partial charge is 0.387 e. The molecular formula is C19H21F2N3O6. The first-order valence-electron chi connectivity index (χ1n) is 8.66. The molecule has 0 saturated carbocycles. The van der Waals surface area contributed by atoms with E-state index >= 15 is 0 Å². The lowest BCUT2D eigenvalue weighted by atomic mass is 10.2. The number of ether oxygens (including phenoxy) is 3. The van der Waals surface area contributed by atoms with Gasteiger partial charge in [0, 0.05) is 12.6 Å². The van der Waals surface area contributed by atoms with Gasteiger partial charge in [0.1, 0.15) is 5.75 Å². The fourth-order valence-corrected chi connectivity index (χ4v) is 2.71. The topological polar surface area (TPSA) is 103 Å². The Hall–Kier alpha value is -3.47. The van der Waals surface area contributed by atoms with Crippen LogP contribution >= 0.6 is 0 Å². The van der Waals surface area contributed by atoms with Crippen molar-refractivity contribution in [3.63, 3.8) is 0 Å². The minimum atomic E-state index is -2.99. The number of nitro benzene ring substituents is 1. The van der Waals surface area contributed by atoms with Crippen LogP contribution in [0, 0.1) is 10.1 Å². The maximum atomic E-state index is 12.6. The summed E-state index contributed by atoms with van der Waals surface area (Å²) in [6.45, 7) is -2.75. The van der Waals surface area contributed by atoms with Gasteiger partial charge in [-0.3, -0.25) is 19.8 Å². The van der Waals surface area contributed by atoms with Crippen LogP contribution in [-0.4, -0.2) is 50.2 Å². The van der Waals surface area contributed by atoms with Crippen molar-refractivity contribution in [3.05, 3.63) is 52.1 Å². The number of methoxy groups -OCH3 is 2. The van der Waals surface area contributed by atoms with Crippen molar-refractivity contribution >= 4 is 17.3 Å². The van der Waals surface area contributed by atoms with Crippen LogP contribution in [0.4, 0.5) is 20.2 Å². The van der Waals surface area contributed by atoms with Gasteiger partial charge in [-0.05, 0) is 30.8 Å². The fourth-order valence-electron chi connectivity index (χ4n) is 2.71. The number of rotatable bonds is 10. The molecule has 11 heteroatoms. The number of amides is 1. The summed E-state index contributed by atoms with van der Waals surface area (Å²) in [5.41, 5.74) is 0.761. The van der Waals surface area contributed by atoms with E-state index in [9.17, 15) is 23.7 Å². The number of carbonyl (C=O) groups excluding carboxylic acids is 1. The van der Waals surface area contributed by atoms with Crippen LogP contribution in [0.25, 0.3) is 0 Å². The molecule has 162 valence electrons. The standard InChI is InChI=1S/C19H21F2N3O6/c1-23(10-12-4-7-15(28-2)17(8-12)30-19(20)21)11-18(25)22-14-6-5-13(24(26)27)9-16(14)29-3/h4-9,19H,10-11H2,1-3H3,(H,22,25). The predicted octanol–water partition coefficient (Wildman–Crippen LogP) is 3.28. The van der Waals surface area contributed by atoms with Gasteiger partial charge < -0.3 is 19.5 Å². The largest absolute Gasteiger partial charge is 0.494 e. The summed E-state index contributed by atoms with van der Waals surface area (Å²) >= 11 is 0. The van der Waals surface area contributed by atoms with Gasteiger partial charge in [-0.2, -0.15) is 8.78 Å². The summed E-state index contributed by atoms with van der Waals surface area (Å²) in [6, 6.07) is 8.43. The number of carbonyl (C=O) groups is 1. The van der Waals surface area contributed by atoms with Gasteiger partial charge in [0.15, 0.2) is 11.5 Å². The Morgan fingerprint density at radius 2 is 1.83 bits per heavy atom. The van der Waals surface area contributed by atoms with Gasteiger partial charge in [0.2, 0.25) is 5.91 Å². The third-order valence-electron chi connectivity index (χ3n) is 3.98. The number of hydrogen-bond acceptors (Lipinski definition) is 7. The minimum Gasteiger partial charge on any atom is -0.494 e. The second-order valence-electron chi connectivity index (χ2n) is 6.23. The molecule has 0 aromatic heterocycles. The molecule has 1 N–H and O–H groups in total. The summed E-state index contributed by atoms with van der Waals surface area (Å²) in [4.78, 5) is 24.3. The van der Waals surface area contributed by atoms with Gasteiger partial charge >= 0.3 is 6.61 Å². The molecule has 0 unspecified atom stereocenters. The summed E-state index contributed by atoms with van der Waals surface area (Å²) < 4.78 is 39.6. The van der Waals surface area contributed by atoms with Crippen LogP contribution in [0.15, 0.2) is 36.4 Å². The van der Waals surface area contributed by atoms with Crippen molar-refractivity contribution in [2.75, 3.05) is 33.1 Å². The van der Waals surface area contributed by atoms with E-state index in [4.69, 9.17) is 9.47 Å². The molecule has 0 atom stereocenters. The van der Waals surface area contributed by atoms with Crippen LogP contribution in [0.3, 0.4) is 0 Å².